The van der Waals surface area contributed by atoms with Crippen LogP contribution >= 0.6 is 0 Å². The van der Waals surface area contributed by atoms with Crippen LogP contribution in [0.4, 0.5) is 13.2 Å². The van der Waals surface area contributed by atoms with E-state index in [1.807, 2.05) is 0 Å². The largest absolute Gasteiger partial charge is 0.480 e. The lowest BCUT2D eigenvalue weighted by atomic mass is 10.1. The van der Waals surface area contributed by atoms with Crippen molar-refractivity contribution in [1.82, 2.24) is 5.32 Å². The standard InChI is InChI=1S/C11H10F3NO4/c12-11(13,14)7-4-2-1-3-6(7)9(17)15-8(5-16)10(18)19/h1-4,8,16H,5H2,(H,15,17)(H,18,19). The number of amides is 1. The highest BCUT2D eigenvalue weighted by atomic mass is 19.4. The molecule has 3 N–H and O–H groups in total. The Morgan fingerprint density at radius 2 is 1.84 bits per heavy atom. The van der Waals surface area contributed by atoms with Crippen molar-refractivity contribution in [1.29, 1.82) is 0 Å². The SMILES string of the molecule is O=C(NC(CO)C(=O)O)c1ccccc1C(F)(F)F. The number of aliphatic hydroxyl groups excluding tert-OH is 1. The molecule has 0 aliphatic rings. The molecule has 0 heterocycles. The maximum Gasteiger partial charge on any atom is 0.417 e. The molecule has 1 amide bonds. The second kappa shape index (κ2) is 5.70. The van der Waals surface area contributed by atoms with E-state index in [1.54, 1.807) is 5.32 Å². The number of halogens is 3. The number of alkyl halides is 3. The van der Waals surface area contributed by atoms with Crippen LogP contribution in [0.1, 0.15) is 15.9 Å². The van der Waals surface area contributed by atoms with Gasteiger partial charge in [-0.1, -0.05) is 12.1 Å². The summed E-state index contributed by atoms with van der Waals surface area (Å²) in [5.41, 5.74) is -1.87. The molecule has 0 aliphatic heterocycles. The summed E-state index contributed by atoms with van der Waals surface area (Å²) < 4.78 is 37.9. The molecule has 0 saturated carbocycles. The first kappa shape index (κ1) is 15.0. The van der Waals surface area contributed by atoms with Crippen molar-refractivity contribution in [2.24, 2.45) is 0 Å². The average Bonchev–Trinajstić information content (AvgIpc) is 2.34. The van der Waals surface area contributed by atoms with E-state index in [0.717, 1.165) is 12.1 Å². The van der Waals surface area contributed by atoms with Gasteiger partial charge in [0.2, 0.25) is 0 Å². The molecule has 0 saturated heterocycles. The third-order valence-corrected chi connectivity index (χ3v) is 2.26. The summed E-state index contributed by atoms with van der Waals surface area (Å²) in [5.74, 6) is -2.75. The number of carboxylic acid groups (broad SMARTS) is 1. The van der Waals surface area contributed by atoms with Crippen LogP contribution in [-0.2, 0) is 11.0 Å². The Kier molecular flexibility index (Phi) is 4.49. The second-order valence-corrected chi connectivity index (χ2v) is 3.59. The van der Waals surface area contributed by atoms with E-state index in [-0.39, 0.29) is 0 Å². The van der Waals surface area contributed by atoms with Gasteiger partial charge in [0.05, 0.1) is 17.7 Å². The normalized spacial score (nSPS) is 12.8. The van der Waals surface area contributed by atoms with Gasteiger partial charge in [0.25, 0.3) is 5.91 Å². The van der Waals surface area contributed by atoms with Gasteiger partial charge in [0.1, 0.15) is 0 Å². The van der Waals surface area contributed by atoms with Crippen LogP contribution in [-0.4, -0.2) is 34.7 Å². The van der Waals surface area contributed by atoms with Crippen molar-refractivity contribution < 1.29 is 33.0 Å². The minimum absolute atomic E-state index is 0.699. The van der Waals surface area contributed by atoms with Gasteiger partial charge in [-0.3, -0.25) is 4.79 Å². The first-order valence-electron chi connectivity index (χ1n) is 5.08. The highest BCUT2D eigenvalue weighted by molar-refractivity contribution is 5.98. The van der Waals surface area contributed by atoms with Gasteiger partial charge in [-0.2, -0.15) is 13.2 Å². The smallest absolute Gasteiger partial charge is 0.417 e. The van der Waals surface area contributed by atoms with Crippen molar-refractivity contribution in [3.63, 3.8) is 0 Å². The van der Waals surface area contributed by atoms with Crippen molar-refractivity contribution in [2.75, 3.05) is 6.61 Å². The summed E-state index contributed by atoms with van der Waals surface area (Å²) in [5, 5.41) is 19.1. The van der Waals surface area contributed by atoms with E-state index in [2.05, 4.69) is 0 Å². The van der Waals surface area contributed by atoms with Gasteiger partial charge in [-0.15, -0.1) is 0 Å². The van der Waals surface area contributed by atoms with Crippen molar-refractivity contribution >= 4 is 11.9 Å². The zero-order valence-electron chi connectivity index (χ0n) is 9.44. The minimum Gasteiger partial charge on any atom is -0.480 e. The Morgan fingerprint density at radius 1 is 1.26 bits per heavy atom. The van der Waals surface area contributed by atoms with E-state index < -0.39 is 41.8 Å². The summed E-state index contributed by atoms with van der Waals surface area (Å²) in [6, 6.07) is 2.31. The predicted octanol–water partition coefficient (Wildman–Crippen LogP) is 0.881. The molecule has 0 spiro atoms. The number of carbonyl (C=O) groups excluding carboxylic acids is 1. The molecular weight excluding hydrogens is 267 g/mol. The van der Waals surface area contributed by atoms with Crippen molar-refractivity contribution in [3.8, 4) is 0 Å². The molecule has 104 valence electrons. The van der Waals surface area contributed by atoms with Gasteiger partial charge in [-0.25, -0.2) is 4.79 Å². The third kappa shape index (κ3) is 3.68. The van der Waals surface area contributed by atoms with Crippen molar-refractivity contribution in [2.45, 2.75) is 12.2 Å². The molecule has 1 atom stereocenters. The first-order chi connectivity index (χ1) is 8.77. The Bertz CT molecular complexity index is 487. The Morgan fingerprint density at radius 3 is 2.32 bits per heavy atom. The molecule has 1 rings (SSSR count). The molecule has 1 aromatic rings. The summed E-state index contributed by atoms with van der Waals surface area (Å²) in [6.45, 7) is -0.921. The maximum absolute atomic E-state index is 12.6. The number of carbonyl (C=O) groups is 2. The summed E-state index contributed by atoms with van der Waals surface area (Å²) in [4.78, 5) is 22.2. The molecule has 0 aromatic heterocycles. The zero-order chi connectivity index (χ0) is 14.6. The van der Waals surface area contributed by atoms with Crippen LogP contribution in [0.3, 0.4) is 0 Å². The Labute approximate surface area is 105 Å². The van der Waals surface area contributed by atoms with Gasteiger partial charge >= 0.3 is 12.1 Å². The van der Waals surface area contributed by atoms with Crippen LogP contribution in [0.2, 0.25) is 0 Å². The van der Waals surface area contributed by atoms with Crippen LogP contribution in [0.5, 0.6) is 0 Å². The van der Waals surface area contributed by atoms with Crippen LogP contribution in [0.15, 0.2) is 24.3 Å². The van der Waals surface area contributed by atoms with Gasteiger partial charge in [0.15, 0.2) is 6.04 Å². The Balaban J connectivity index is 3.04. The predicted molar refractivity (Wildman–Crippen MR) is 57.4 cm³/mol. The number of benzene rings is 1. The first-order valence-corrected chi connectivity index (χ1v) is 5.08. The minimum atomic E-state index is -4.73. The summed E-state index contributed by atoms with van der Waals surface area (Å²) >= 11 is 0. The molecule has 0 fully saturated rings. The quantitative estimate of drug-likeness (QED) is 0.762. The number of hydrogen-bond donors (Lipinski definition) is 3. The molecule has 5 nitrogen and oxygen atoms in total. The van der Waals surface area contributed by atoms with Gasteiger partial charge in [-0.05, 0) is 12.1 Å². The number of hydrogen-bond acceptors (Lipinski definition) is 3. The maximum atomic E-state index is 12.6. The lowest BCUT2D eigenvalue weighted by molar-refractivity contribution is -0.140. The van der Waals surface area contributed by atoms with E-state index >= 15 is 0 Å². The third-order valence-electron chi connectivity index (χ3n) is 2.26. The zero-order valence-corrected chi connectivity index (χ0v) is 9.44. The van der Waals surface area contributed by atoms with E-state index in [9.17, 15) is 22.8 Å². The highest BCUT2D eigenvalue weighted by Gasteiger charge is 2.35. The fourth-order valence-corrected chi connectivity index (χ4v) is 1.35. The fraction of sp³-hybridized carbons (Fsp3) is 0.273. The second-order valence-electron chi connectivity index (χ2n) is 3.59. The molecule has 1 aromatic carbocycles. The van der Waals surface area contributed by atoms with Crippen LogP contribution < -0.4 is 5.32 Å². The lowest BCUT2D eigenvalue weighted by Crippen LogP contribution is -2.43. The summed E-state index contributed by atoms with van der Waals surface area (Å²) in [7, 11) is 0. The fourth-order valence-electron chi connectivity index (χ4n) is 1.35. The highest BCUT2D eigenvalue weighted by Crippen LogP contribution is 2.31. The molecule has 0 aliphatic carbocycles. The average molecular weight is 277 g/mol. The molecule has 0 bridgehead atoms. The molecule has 1 unspecified atom stereocenters. The van der Waals surface area contributed by atoms with Crippen molar-refractivity contribution in [3.05, 3.63) is 35.4 Å². The number of aliphatic carboxylic acids is 1. The number of aliphatic hydroxyl groups is 1. The van der Waals surface area contributed by atoms with E-state index in [1.165, 1.54) is 6.07 Å². The molecular formula is C11H10F3NO4. The van der Waals surface area contributed by atoms with Crippen LogP contribution in [0.25, 0.3) is 0 Å². The number of nitrogens with one attached hydrogen (secondary N) is 1. The van der Waals surface area contributed by atoms with E-state index in [0.29, 0.717) is 6.07 Å². The Hall–Kier alpha value is -2.09. The molecule has 0 radical (unpaired) electrons. The van der Waals surface area contributed by atoms with Gasteiger partial charge in [0, 0.05) is 0 Å². The van der Waals surface area contributed by atoms with Gasteiger partial charge < -0.3 is 15.5 Å². The van der Waals surface area contributed by atoms with Crippen LogP contribution in [0, 0.1) is 0 Å². The molecule has 8 heteroatoms. The number of rotatable bonds is 4. The lowest BCUT2D eigenvalue weighted by Gasteiger charge is -2.15. The topological polar surface area (TPSA) is 86.6 Å². The summed E-state index contributed by atoms with van der Waals surface area (Å²) in [6.07, 6.45) is -4.73. The monoisotopic (exact) mass is 277 g/mol. The van der Waals surface area contributed by atoms with E-state index in [4.69, 9.17) is 10.2 Å². The number of carboxylic acids is 1. The molecule has 19 heavy (non-hydrogen) atoms.